The van der Waals surface area contributed by atoms with E-state index >= 15 is 0 Å². The van der Waals surface area contributed by atoms with Gasteiger partial charge in [0.1, 0.15) is 11.5 Å². The first-order chi connectivity index (χ1) is 12.6. The quantitative estimate of drug-likeness (QED) is 0.627. The fraction of sp³-hybridized carbons (Fsp3) is 0.600. The van der Waals surface area contributed by atoms with Crippen LogP contribution in [0, 0.1) is 17.8 Å². The number of nitrogens with zero attached hydrogens (tertiary/aromatic N) is 1. The molecule has 0 spiro atoms. The summed E-state index contributed by atoms with van der Waals surface area (Å²) in [6, 6.07) is 5.26. The minimum atomic E-state index is -0.212. The maximum Gasteiger partial charge on any atom is 0.335 e. The summed E-state index contributed by atoms with van der Waals surface area (Å²) in [7, 11) is 3.21. The van der Waals surface area contributed by atoms with Gasteiger partial charge < -0.3 is 14.8 Å². The van der Waals surface area contributed by atoms with Crippen LogP contribution < -0.4 is 20.2 Å². The van der Waals surface area contributed by atoms with Crippen molar-refractivity contribution in [3.05, 3.63) is 23.8 Å². The fourth-order valence-electron chi connectivity index (χ4n) is 5.62. The van der Waals surface area contributed by atoms with Crippen molar-refractivity contribution in [1.29, 1.82) is 0 Å². The average Bonchev–Trinajstić information content (AvgIpc) is 2.60. The monoisotopic (exact) mass is 357 g/mol. The van der Waals surface area contributed by atoms with Crippen LogP contribution in [0.15, 0.2) is 23.3 Å². The lowest BCUT2D eigenvalue weighted by atomic mass is 9.53. The molecule has 4 fully saturated rings. The second-order valence-corrected chi connectivity index (χ2v) is 8.13. The van der Waals surface area contributed by atoms with E-state index in [4.69, 9.17) is 9.47 Å². The lowest BCUT2D eigenvalue weighted by Crippen LogP contribution is -2.61. The first kappa shape index (κ1) is 17.2. The van der Waals surface area contributed by atoms with E-state index in [1.807, 2.05) is 12.1 Å². The van der Waals surface area contributed by atoms with Crippen LogP contribution in [-0.2, 0) is 0 Å². The van der Waals surface area contributed by atoms with E-state index in [1.165, 1.54) is 19.3 Å². The Bertz CT molecular complexity index is 681. The number of urea groups is 1. The van der Waals surface area contributed by atoms with Crippen LogP contribution in [0.5, 0.6) is 11.5 Å². The van der Waals surface area contributed by atoms with Gasteiger partial charge in [0.15, 0.2) is 0 Å². The highest BCUT2D eigenvalue weighted by atomic mass is 16.5. The molecule has 0 aliphatic heterocycles. The SMILES string of the molecule is COc1ccc(/C=N\NC(=O)NC23CC4CC(CC(C4)C2)C3)c(OC)c1. The highest BCUT2D eigenvalue weighted by molar-refractivity contribution is 5.85. The van der Waals surface area contributed by atoms with Crippen molar-refractivity contribution in [1.82, 2.24) is 10.7 Å². The molecule has 0 aromatic heterocycles. The van der Waals surface area contributed by atoms with Gasteiger partial charge in [-0.15, -0.1) is 0 Å². The van der Waals surface area contributed by atoms with Gasteiger partial charge in [-0.05, 0) is 68.4 Å². The van der Waals surface area contributed by atoms with Gasteiger partial charge in [0, 0.05) is 17.2 Å². The van der Waals surface area contributed by atoms with Gasteiger partial charge in [0.05, 0.1) is 20.4 Å². The Morgan fingerprint density at radius 2 is 1.77 bits per heavy atom. The second kappa shape index (κ2) is 6.82. The van der Waals surface area contributed by atoms with Crippen LogP contribution in [0.2, 0.25) is 0 Å². The largest absolute Gasteiger partial charge is 0.497 e. The zero-order chi connectivity index (χ0) is 18.1. The number of benzene rings is 1. The molecular weight excluding hydrogens is 330 g/mol. The van der Waals surface area contributed by atoms with Gasteiger partial charge >= 0.3 is 6.03 Å². The van der Waals surface area contributed by atoms with Crippen molar-refractivity contribution < 1.29 is 14.3 Å². The molecule has 140 valence electrons. The minimum Gasteiger partial charge on any atom is -0.497 e. The lowest BCUT2D eigenvalue weighted by Gasteiger charge is -2.56. The highest BCUT2D eigenvalue weighted by Crippen LogP contribution is 2.55. The van der Waals surface area contributed by atoms with E-state index in [1.54, 1.807) is 26.5 Å². The number of nitrogens with one attached hydrogen (secondary N) is 2. The van der Waals surface area contributed by atoms with Crippen molar-refractivity contribution in [2.75, 3.05) is 14.2 Å². The smallest absolute Gasteiger partial charge is 0.335 e. The first-order valence-corrected chi connectivity index (χ1v) is 9.42. The predicted molar refractivity (Wildman–Crippen MR) is 99.7 cm³/mol. The van der Waals surface area contributed by atoms with E-state index in [-0.39, 0.29) is 11.6 Å². The van der Waals surface area contributed by atoms with Gasteiger partial charge in [-0.25, -0.2) is 10.2 Å². The third-order valence-electron chi connectivity index (χ3n) is 6.23. The molecule has 0 saturated heterocycles. The number of amides is 2. The standard InChI is InChI=1S/C20H27N3O3/c1-25-17-4-3-16(18(8-17)26-2)12-21-23-19(24)22-20-9-13-5-14(10-20)7-15(6-13)11-20/h3-4,8,12-15H,5-7,9-11H2,1-2H3,(H2,22,23,24)/b21-12-. The molecule has 0 radical (unpaired) electrons. The van der Waals surface area contributed by atoms with E-state index in [2.05, 4.69) is 15.8 Å². The number of ether oxygens (including phenoxy) is 2. The Labute approximate surface area is 154 Å². The molecule has 6 heteroatoms. The summed E-state index contributed by atoms with van der Waals surface area (Å²) in [5.41, 5.74) is 3.39. The molecule has 4 saturated carbocycles. The summed E-state index contributed by atoms with van der Waals surface area (Å²) >= 11 is 0. The van der Waals surface area contributed by atoms with Crippen molar-refractivity contribution in [2.45, 2.75) is 44.1 Å². The molecule has 1 aromatic rings. The second-order valence-electron chi connectivity index (χ2n) is 8.13. The summed E-state index contributed by atoms with van der Waals surface area (Å²) in [5, 5.41) is 7.34. The van der Waals surface area contributed by atoms with E-state index in [9.17, 15) is 4.79 Å². The Kier molecular flexibility index (Phi) is 4.51. The number of carbonyl (C=O) groups is 1. The molecule has 2 N–H and O–H groups in total. The van der Waals surface area contributed by atoms with Crippen molar-refractivity contribution in [2.24, 2.45) is 22.9 Å². The van der Waals surface area contributed by atoms with E-state index in [0.717, 1.165) is 42.6 Å². The molecule has 1 aromatic carbocycles. The van der Waals surface area contributed by atoms with Crippen LogP contribution in [0.4, 0.5) is 4.79 Å². The van der Waals surface area contributed by atoms with Crippen LogP contribution in [0.25, 0.3) is 0 Å². The number of methoxy groups -OCH3 is 2. The molecule has 0 heterocycles. The summed E-state index contributed by atoms with van der Waals surface area (Å²) in [4.78, 5) is 12.4. The number of carbonyl (C=O) groups excluding carboxylic acids is 1. The molecule has 0 unspecified atom stereocenters. The van der Waals surface area contributed by atoms with E-state index in [0.29, 0.717) is 11.5 Å². The Hall–Kier alpha value is -2.24. The maximum atomic E-state index is 12.4. The third kappa shape index (κ3) is 3.37. The normalized spacial score (nSPS) is 31.8. The van der Waals surface area contributed by atoms with Crippen LogP contribution >= 0.6 is 0 Å². The van der Waals surface area contributed by atoms with Gasteiger partial charge in [0.25, 0.3) is 0 Å². The Balaban J connectivity index is 1.36. The molecule has 26 heavy (non-hydrogen) atoms. The van der Waals surface area contributed by atoms with Gasteiger partial charge in [-0.2, -0.15) is 5.10 Å². The van der Waals surface area contributed by atoms with Crippen LogP contribution in [0.1, 0.15) is 44.1 Å². The van der Waals surface area contributed by atoms with Crippen LogP contribution in [-0.4, -0.2) is 32.0 Å². The van der Waals surface area contributed by atoms with Gasteiger partial charge in [-0.1, -0.05) is 0 Å². The zero-order valence-corrected chi connectivity index (χ0v) is 15.5. The molecule has 2 amide bonds. The molecule has 4 aliphatic rings. The molecule has 4 bridgehead atoms. The lowest BCUT2D eigenvalue weighted by molar-refractivity contribution is -0.0135. The van der Waals surface area contributed by atoms with Crippen molar-refractivity contribution >= 4 is 12.2 Å². The number of hydrogen-bond donors (Lipinski definition) is 2. The third-order valence-corrected chi connectivity index (χ3v) is 6.23. The van der Waals surface area contributed by atoms with Gasteiger partial charge in [0.2, 0.25) is 0 Å². The summed E-state index contributed by atoms with van der Waals surface area (Å²) in [6.07, 6.45) is 9.05. The van der Waals surface area contributed by atoms with Crippen molar-refractivity contribution in [3.63, 3.8) is 0 Å². The molecular formula is C20H27N3O3. The summed E-state index contributed by atoms with van der Waals surface area (Å²) < 4.78 is 10.5. The fourth-order valence-corrected chi connectivity index (χ4v) is 5.62. The zero-order valence-electron chi connectivity index (χ0n) is 15.5. The number of hydrogen-bond acceptors (Lipinski definition) is 4. The minimum absolute atomic E-state index is 0.00778. The van der Waals surface area contributed by atoms with E-state index < -0.39 is 0 Å². The van der Waals surface area contributed by atoms with Crippen molar-refractivity contribution in [3.8, 4) is 11.5 Å². The molecule has 0 atom stereocenters. The topological polar surface area (TPSA) is 72.0 Å². The average molecular weight is 357 g/mol. The maximum absolute atomic E-state index is 12.4. The summed E-state index contributed by atoms with van der Waals surface area (Å²) in [5.74, 6) is 3.76. The first-order valence-electron chi connectivity index (χ1n) is 9.42. The van der Waals surface area contributed by atoms with Gasteiger partial charge in [-0.3, -0.25) is 0 Å². The Morgan fingerprint density at radius 3 is 2.35 bits per heavy atom. The van der Waals surface area contributed by atoms with Crippen LogP contribution in [0.3, 0.4) is 0 Å². The molecule has 4 aliphatic carbocycles. The number of rotatable bonds is 5. The Morgan fingerprint density at radius 1 is 1.12 bits per heavy atom. The molecule has 6 nitrogen and oxygen atoms in total. The molecule has 5 rings (SSSR count). The highest BCUT2D eigenvalue weighted by Gasteiger charge is 2.51. The predicted octanol–water partition coefficient (Wildman–Crippen LogP) is 3.31. The number of hydrazone groups is 1. The summed E-state index contributed by atoms with van der Waals surface area (Å²) in [6.45, 7) is 0.